The number of ether oxygens (including phenoxy) is 1. The molecule has 0 bridgehead atoms. The molecule has 3 aromatic heterocycles. The fraction of sp³-hybridized carbons (Fsp3) is 0.214. The van der Waals surface area contributed by atoms with Crippen molar-refractivity contribution in [3.63, 3.8) is 0 Å². The van der Waals surface area contributed by atoms with Crippen molar-refractivity contribution in [2.75, 3.05) is 0 Å². The van der Waals surface area contributed by atoms with Gasteiger partial charge in [-0.25, -0.2) is 15.0 Å². The summed E-state index contributed by atoms with van der Waals surface area (Å²) >= 11 is 5.08. The van der Waals surface area contributed by atoms with Gasteiger partial charge in [0.05, 0.1) is 5.39 Å². The molecule has 4 nitrogen and oxygen atoms in total. The van der Waals surface area contributed by atoms with Crippen LogP contribution in [0, 0.1) is 6.92 Å². The molecule has 0 spiro atoms. The van der Waals surface area contributed by atoms with E-state index in [9.17, 15) is 0 Å². The van der Waals surface area contributed by atoms with Crippen LogP contribution in [0.2, 0.25) is 0 Å². The standard InChI is InChI=1S/C14H12BrN3OS/c1-3-9-6-10-13(16-7-17-14(10)20-9)19-11-5-4-8(2)18-12(11)15/h4-7H,3H2,1-2H3. The van der Waals surface area contributed by atoms with Gasteiger partial charge in [-0.15, -0.1) is 11.3 Å². The quantitative estimate of drug-likeness (QED) is 0.652. The molecule has 0 fully saturated rings. The molecule has 0 radical (unpaired) electrons. The minimum atomic E-state index is 0.567. The van der Waals surface area contributed by atoms with Crippen LogP contribution in [0.1, 0.15) is 17.5 Å². The Morgan fingerprint density at radius 2 is 2.15 bits per heavy atom. The van der Waals surface area contributed by atoms with Crippen molar-refractivity contribution in [1.82, 2.24) is 15.0 Å². The Kier molecular flexibility index (Phi) is 3.67. The van der Waals surface area contributed by atoms with Gasteiger partial charge in [0, 0.05) is 10.6 Å². The van der Waals surface area contributed by atoms with Gasteiger partial charge in [0.25, 0.3) is 0 Å². The van der Waals surface area contributed by atoms with Crippen LogP contribution >= 0.6 is 27.3 Å². The van der Waals surface area contributed by atoms with Crippen molar-refractivity contribution in [2.24, 2.45) is 0 Å². The zero-order valence-electron chi connectivity index (χ0n) is 11.1. The van der Waals surface area contributed by atoms with Gasteiger partial charge >= 0.3 is 0 Å². The third-order valence-corrected chi connectivity index (χ3v) is 4.61. The number of aryl methyl sites for hydroxylation is 2. The summed E-state index contributed by atoms with van der Waals surface area (Å²) in [5.74, 6) is 1.22. The van der Waals surface area contributed by atoms with E-state index in [4.69, 9.17) is 4.74 Å². The van der Waals surface area contributed by atoms with Crippen LogP contribution in [0.3, 0.4) is 0 Å². The van der Waals surface area contributed by atoms with Gasteiger partial charge in [0.2, 0.25) is 5.88 Å². The smallest absolute Gasteiger partial charge is 0.231 e. The number of rotatable bonds is 3. The first-order chi connectivity index (χ1) is 9.67. The highest BCUT2D eigenvalue weighted by molar-refractivity contribution is 9.10. The molecular weight excluding hydrogens is 338 g/mol. The Morgan fingerprint density at radius 3 is 2.90 bits per heavy atom. The summed E-state index contributed by atoms with van der Waals surface area (Å²) in [6.07, 6.45) is 2.51. The highest BCUT2D eigenvalue weighted by Gasteiger charge is 2.12. The van der Waals surface area contributed by atoms with Crippen LogP contribution in [0.15, 0.2) is 29.1 Å². The highest BCUT2D eigenvalue weighted by atomic mass is 79.9. The molecule has 3 rings (SSSR count). The van der Waals surface area contributed by atoms with Gasteiger partial charge in [0.1, 0.15) is 15.8 Å². The molecule has 0 amide bonds. The van der Waals surface area contributed by atoms with Crippen molar-refractivity contribution >= 4 is 37.5 Å². The van der Waals surface area contributed by atoms with Gasteiger partial charge in [0.15, 0.2) is 5.75 Å². The molecule has 0 aromatic carbocycles. The summed E-state index contributed by atoms with van der Waals surface area (Å²) < 4.78 is 6.56. The Bertz CT molecular complexity index is 772. The summed E-state index contributed by atoms with van der Waals surface area (Å²) in [5, 5.41) is 0.946. The molecule has 0 saturated heterocycles. The van der Waals surface area contributed by atoms with E-state index in [0.717, 1.165) is 22.3 Å². The maximum atomic E-state index is 5.88. The third kappa shape index (κ3) is 2.53. The van der Waals surface area contributed by atoms with E-state index in [0.29, 0.717) is 16.2 Å². The summed E-state index contributed by atoms with van der Waals surface area (Å²) in [6.45, 7) is 4.06. The van der Waals surface area contributed by atoms with E-state index in [1.807, 2.05) is 19.1 Å². The topological polar surface area (TPSA) is 47.9 Å². The second-order valence-corrected chi connectivity index (χ2v) is 6.17. The second kappa shape index (κ2) is 5.46. The number of fused-ring (bicyclic) bond motifs is 1. The first-order valence-electron chi connectivity index (χ1n) is 6.21. The SMILES string of the molecule is CCc1cc2c(Oc3ccc(C)nc3Br)ncnc2s1. The maximum Gasteiger partial charge on any atom is 0.231 e. The Morgan fingerprint density at radius 1 is 1.30 bits per heavy atom. The summed E-state index contributed by atoms with van der Waals surface area (Å²) in [4.78, 5) is 15.1. The predicted octanol–water partition coefficient (Wildman–Crippen LogP) is 4.51. The van der Waals surface area contributed by atoms with Crippen molar-refractivity contribution in [3.8, 4) is 11.6 Å². The van der Waals surface area contributed by atoms with Crippen LogP contribution in [0.5, 0.6) is 11.6 Å². The molecule has 3 aromatic rings. The summed E-state index contributed by atoms with van der Waals surface area (Å²) in [7, 11) is 0. The van der Waals surface area contributed by atoms with E-state index in [2.05, 4.69) is 43.9 Å². The third-order valence-electron chi connectivity index (χ3n) is 2.85. The number of hydrogen-bond acceptors (Lipinski definition) is 5. The number of thiophene rings is 1. The molecule has 3 heterocycles. The van der Waals surface area contributed by atoms with Gasteiger partial charge in [-0.1, -0.05) is 6.92 Å². The average molecular weight is 350 g/mol. The van der Waals surface area contributed by atoms with E-state index < -0.39 is 0 Å². The lowest BCUT2D eigenvalue weighted by Gasteiger charge is -2.07. The van der Waals surface area contributed by atoms with Crippen molar-refractivity contribution in [3.05, 3.63) is 39.7 Å². The molecule has 0 unspecified atom stereocenters. The molecule has 6 heteroatoms. The minimum absolute atomic E-state index is 0.567. The van der Waals surface area contributed by atoms with Crippen LogP contribution in [-0.4, -0.2) is 15.0 Å². The molecule has 0 saturated carbocycles. The van der Waals surface area contributed by atoms with Crippen LogP contribution in [-0.2, 0) is 6.42 Å². The molecule has 0 aliphatic heterocycles. The van der Waals surface area contributed by atoms with Gasteiger partial charge < -0.3 is 4.74 Å². The molecular formula is C14H12BrN3OS. The van der Waals surface area contributed by atoms with E-state index >= 15 is 0 Å². The first-order valence-corrected chi connectivity index (χ1v) is 7.82. The van der Waals surface area contributed by atoms with E-state index in [-0.39, 0.29) is 0 Å². The normalized spacial score (nSPS) is 10.9. The van der Waals surface area contributed by atoms with Gasteiger partial charge in [-0.2, -0.15) is 0 Å². The predicted molar refractivity (Wildman–Crippen MR) is 83.5 cm³/mol. The average Bonchev–Trinajstić information content (AvgIpc) is 2.86. The lowest BCUT2D eigenvalue weighted by Crippen LogP contribution is -1.92. The molecule has 102 valence electrons. The van der Waals surface area contributed by atoms with Crippen molar-refractivity contribution in [2.45, 2.75) is 20.3 Å². The number of aromatic nitrogens is 3. The molecule has 0 atom stereocenters. The summed E-state index contributed by atoms with van der Waals surface area (Å²) in [6, 6.07) is 5.88. The van der Waals surface area contributed by atoms with Crippen molar-refractivity contribution in [1.29, 1.82) is 0 Å². The number of nitrogens with zero attached hydrogens (tertiary/aromatic N) is 3. The van der Waals surface area contributed by atoms with Crippen LogP contribution in [0.4, 0.5) is 0 Å². The minimum Gasteiger partial charge on any atom is -0.435 e. The first kappa shape index (κ1) is 13.5. The Hall–Kier alpha value is -1.53. The largest absolute Gasteiger partial charge is 0.435 e. The highest BCUT2D eigenvalue weighted by Crippen LogP contribution is 2.34. The zero-order valence-corrected chi connectivity index (χ0v) is 13.5. The van der Waals surface area contributed by atoms with E-state index in [1.165, 1.54) is 11.2 Å². The summed E-state index contributed by atoms with van der Waals surface area (Å²) in [5.41, 5.74) is 0.931. The molecule has 0 N–H and O–H groups in total. The Balaban J connectivity index is 2.03. The van der Waals surface area contributed by atoms with Crippen LogP contribution < -0.4 is 4.74 Å². The fourth-order valence-corrected chi connectivity index (χ4v) is 3.25. The second-order valence-electron chi connectivity index (χ2n) is 4.31. The number of pyridine rings is 1. The molecule has 0 aliphatic carbocycles. The lowest BCUT2D eigenvalue weighted by atomic mass is 10.3. The van der Waals surface area contributed by atoms with Crippen molar-refractivity contribution < 1.29 is 4.74 Å². The van der Waals surface area contributed by atoms with E-state index in [1.54, 1.807) is 11.3 Å². The zero-order chi connectivity index (χ0) is 14.1. The number of hydrogen-bond donors (Lipinski definition) is 0. The molecule has 20 heavy (non-hydrogen) atoms. The lowest BCUT2D eigenvalue weighted by molar-refractivity contribution is 0.462. The van der Waals surface area contributed by atoms with Gasteiger partial charge in [-0.3, -0.25) is 0 Å². The van der Waals surface area contributed by atoms with Crippen LogP contribution in [0.25, 0.3) is 10.2 Å². The molecule has 0 aliphatic rings. The maximum absolute atomic E-state index is 5.88. The number of halogens is 1. The monoisotopic (exact) mass is 349 g/mol. The van der Waals surface area contributed by atoms with Gasteiger partial charge in [-0.05, 0) is 47.5 Å². The fourth-order valence-electron chi connectivity index (χ4n) is 1.83. The Labute approximate surface area is 129 Å².